The van der Waals surface area contributed by atoms with E-state index in [1.165, 1.54) is 11.6 Å². The summed E-state index contributed by atoms with van der Waals surface area (Å²) in [5, 5.41) is 22.3. The summed E-state index contributed by atoms with van der Waals surface area (Å²) in [5.74, 6) is -0.507. The molecule has 34 heavy (non-hydrogen) atoms. The Labute approximate surface area is 199 Å². The number of nitrogens with zero attached hydrogens (tertiary/aromatic N) is 4. The number of hydrogen-bond donors (Lipinski definition) is 2. The predicted molar refractivity (Wildman–Crippen MR) is 132 cm³/mol. The first kappa shape index (κ1) is 24.1. The second-order valence-electron chi connectivity index (χ2n) is 9.15. The summed E-state index contributed by atoms with van der Waals surface area (Å²) in [6.45, 7) is 3.37. The maximum absolute atomic E-state index is 14.7. The number of allylic oxidation sites excluding steroid dienone is 8. The number of aromatic nitrogens is 2. The van der Waals surface area contributed by atoms with Crippen molar-refractivity contribution in [3.63, 3.8) is 0 Å². The van der Waals surface area contributed by atoms with Crippen LogP contribution in [-0.4, -0.2) is 53.6 Å². The van der Waals surface area contributed by atoms with E-state index in [0.717, 1.165) is 31.3 Å². The van der Waals surface area contributed by atoms with Crippen LogP contribution in [0.5, 0.6) is 0 Å². The lowest BCUT2D eigenvalue weighted by atomic mass is 9.90. The molecule has 0 aromatic carbocycles. The second-order valence-corrected chi connectivity index (χ2v) is 9.15. The highest BCUT2D eigenvalue weighted by atomic mass is 19.1. The SMILES string of the molecule is CNC1CCN(c2nc(C3=CC(F)C(C#N)C=C3)c(C3=CC=C(C)CC3)n(CCO)c2=O)CC1. The number of aliphatic hydroxyl groups excluding tert-OH is 1. The van der Waals surface area contributed by atoms with Gasteiger partial charge in [-0.05, 0) is 51.3 Å². The molecule has 2 atom stereocenters. The molecule has 8 heteroatoms. The van der Waals surface area contributed by atoms with E-state index in [1.807, 2.05) is 30.2 Å². The fourth-order valence-electron chi connectivity index (χ4n) is 4.84. The number of piperidine rings is 1. The molecule has 1 saturated heterocycles. The smallest absolute Gasteiger partial charge is 0.294 e. The summed E-state index contributed by atoms with van der Waals surface area (Å²) >= 11 is 0. The molecule has 7 nitrogen and oxygen atoms in total. The van der Waals surface area contributed by atoms with E-state index < -0.39 is 12.1 Å². The minimum atomic E-state index is -1.45. The molecule has 2 heterocycles. The van der Waals surface area contributed by atoms with Crippen LogP contribution in [0.2, 0.25) is 0 Å². The summed E-state index contributed by atoms with van der Waals surface area (Å²) < 4.78 is 16.3. The number of alkyl halides is 1. The number of halogens is 1. The lowest BCUT2D eigenvalue weighted by Gasteiger charge is -2.33. The number of anilines is 1. The minimum absolute atomic E-state index is 0.126. The Kier molecular flexibility index (Phi) is 7.44. The third-order valence-electron chi connectivity index (χ3n) is 6.92. The van der Waals surface area contributed by atoms with Crippen LogP contribution < -0.4 is 15.8 Å². The quantitative estimate of drug-likeness (QED) is 0.671. The number of nitriles is 1. The number of nitrogens with one attached hydrogen (secondary N) is 1. The minimum Gasteiger partial charge on any atom is -0.395 e. The van der Waals surface area contributed by atoms with Crippen molar-refractivity contribution in [3.8, 4) is 6.07 Å². The van der Waals surface area contributed by atoms with Gasteiger partial charge in [0.1, 0.15) is 6.17 Å². The highest BCUT2D eigenvalue weighted by Gasteiger charge is 2.29. The molecule has 0 radical (unpaired) electrons. The zero-order valence-electron chi connectivity index (χ0n) is 19.8. The van der Waals surface area contributed by atoms with Crippen molar-refractivity contribution in [2.45, 2.75) is 51.4 Å². The monoisotopic (exact) mass is 465 g/mol. The summed E-state index contributed by atoms with van der Waals surface area (Å²) in [4.78, 5) is 20.5. The Morgan fingerprint density at radius 1 is 1.29 bits per heavy atom. The molecule has 1 fully saturated rings. The Bertz CT molecular complexity index is 1150. The lowest BCUT2D eigenvalue weighted by molar-refractivity contribution is 0.273. The Hall–Kier alpha value is -3.02. The van der Waals surface area contributed by atoms with Gasteiger partial charge in [-0.25, -0.2) is 9.37 Å². The van der Waals surface area contributed by atoms with Crippen molar-refractivity contribution in [1.29, 1.82) is 5.26 Å². The molecule has 2 aliphatic carbocycles. The van der Waals surface area contributed by atoms with Crippen LogP contribution in [0.3, 0.4) is 0 Å². The largest absolute Gasteiger partial charge is 0.395 e. The van der Waals surface area contributed by atoms with Crippen molar-refractivity contribution >= 4 is 17.0 Å². The Morgan fingerprint density at radius 2 is 2.06 bits per heavy atom. The van der Waals surface area contributed by atoms with E-state index in [9.17, 15) is 19.6 Å². The molecule has 180 valence electrons. The van der Waals surface area contributed by atoms with Gasteiger partial charge in [0, 0.05) is 31.2 Å². The number of aliphatic hydroxyl groups is 1. The standard InChI is InChI=1S/C26H32FN5O2/c1-17-3-5-18(6-4-17)24-23(19-7-8-20(16-28)22(27)15-19)30-25(26(34)32(24)13-14-33)31-11-9-21(29-2)10-12-31/h3,5,7-8,15,20-22,29,33H,4,6,9-14H2,1-2H3. The molecule has 1 aromatic heterocycles. The zero-order chi connectivity index (χ0) is 24.2. The van der Waals surface area contributed by atoms with E-state index in [2.05, 4.69) is 12.2 Å². The Balaban J connectivity index is 1.89. The fraction of sp³-hybridized carbons (Fsp3) is 0.500. The Morgan fingerprint density at radius 3 is 2.65 bits per heavy atom. The van der Waals surface area contributed by atoms with Crippen molar-refractivity contribution in [2.24, 2.45) is 5.92 Å². The highest BCUT2D eigenvalue weighted by Crippen LogP contribution is 2.34. The molecule has 2 N–H and O–H groups in total. The van der Waals surface area contributed by atoms with Gasteiger partial charge < -0.3 is 19.9 Å². The van der Waals surface area contributed by atoms with E-state index in [1.54, 1.807) is 16.7 Å². The summed E-state index contributed by atoms with van der Waals surface area (Å²) in [5.41, 5.74) is 3.64. The number of hydrogen-bond acceptors (Lipinski definition) is 6. The second kappa shape index (κ2) is 10.5. The summed E-state index contributed by atoms with van der Waals surface area (Å²) in [6, 6.07) is 2.37. The first-order valence-corrected chi connectivity index (χ1v) is 12.0. The van der Waals surface area contributed by atoms with Gasteiger partial charge in [0.15, 0.2) is 5.82 Å². The van der Waals surface area contributed by atoms with Crippen molar-refractivity contribution in [2.75, 3.05) is 31.6 Å². The van der Waals surface area contributed by atoms with Gasteiger partial charge in [0.2, 0.25) is 0 Å². The van der Waals surface area contributed by atoms with E-state index in [0.29, 0.717) is 41.9 Å². The normalized spacial score (nSPS) is 23.3. The van der Waals surface area contributed by atoms with Crippen LogP contribution in [0.25, 0.3) is 11.1 Å². The molecular weight excluding hydrogens is 433 g/mol. The molecule has 0 amide bonds. The van der Waals surface area contributed by atoms with E-state index in [4.69, 9.17) is 4.98 Å². The van der Waals surface area contributed by atoms with E-state index >= 15 is 0 Å². The first-order valence-electron chi connectivity index (χ1n) is 12.0. The van der Waals surface area contributed by atoms with Crippen LogP contribution in [0.15, 0.2) is 40.7 Å². The third kappa shape index (κ3) is 4.77. The molecule has 1 aromatic rings. The molecule has 0 saturated carbocycles. The van der Waals surface area contributed by atoms with Gasteiger partial charge in [-0.3, -0.25) is 4.79 Å². The van der Waals surface area contributed by atoms with Crippen LogP contribution >= 0.6 is 0 Å². The highest BCUT2D eigenvalue weighted by molar-refractivity contribution is 5.83. The lowest BCUT2D eigenvalue weighted by Crippen LogP contribution is -2.45. The van der Waals surface area contributed by atoms with Crippen molar-refractivity contribution < 1.29 is 9.50 Å². The number of rotatable bonds is 6. The average Bonchev–Trinajstić information content (AvgIpc) is 2.86. The third-order valence-corrected chi connectivity index (χ3v) is 6.92. The molecule has 4 rings (SSSR count). The van der Waals surface area contributed by atoms with Crippen molar-refractivity contribution in [3.05, 3.63) is 57.7 Å². The maximum Gasteiger partial charge on any atom is 0.294 e. The van der Waals surface area contributed by atoms with Gasteiger partial charge in [-0.1, -0.05) is 29.9 Å². The fourth-order valence-corrected chi connectivity index (χ4v) is 4.84. The van der Waals surface area contributed by atoms with Crippen LogP contribution in [0, 0.1) is 17.2 Å². The van der Waals surface area contributed by atoms with E-state index in [-0.39, 0.29) is 18.7 Å². The van der Waals surface area contributed by atoms with Crippen molar-refractivity contribution in [1.82, 2.24) is 14.9 Å². The predicted octanol–water partition coefficient (Wildman–Crippen LogP) is 2.98. The molecule has 0 bridgehead atoms. The molecule has 3 aliphatic rings. The van der Waals surface area contributed by atoms with Crippen LogP contribution in [-0.2, 0) is 6.54 Å². The molecule has 2 unspecified atom stereocenters. The molecule has 1 aliphatic heterocycles. The zero-order valence-corrected chi connectivity index (χ0v) is 19.8. The maximum atomic E-state index is 14.7. The molecular formula is C26H32FN5O2. The van der Waals surface area contributed by atoms with Gasteiger partial charge >= 0.3 is 0 Å². The average molecular weight is 466 g/mol. The van der Waals surface area contributed by atoms with Gasteiger partial charge in [-0.15, -0.1) is 0 Å². The first-order chi connectivity index (χ1) is 16.5. The van der Waals surface area contributed by atoms with Gasteiger partial charge in [-0.2, -0.15) is 5.26 Å². The topological polar surface area (TPSA) is 94.2 Å². The van der Waals surface area contributed by atoms with Gasteiger partial charge in [0.25, 0.3) is 5.56 Å². The molecule has 0 spiro atoms. The van der Waals surface area contributed by atoms with Crippen LogP contribution in [0.4, 0.5) is 10.2 Å². The van der Waals surface area contributed by atoms with Gasteiger partial charge in [0.05, 0.1) is 30.0 Å². The van der Waals surface area contributed by atoms with Crippen LogP contribution in [0.1, 0.15) is 44.0 Å². The summed E-state index contributed by atoms with van der Waals surface area (Å²) in [7, 11) is 1.94. The summed E-state index contributed by atoms with van der Waals surface area (Å²) in [6.07, 6.45) is 10.6.